The second-order valence-electron chi connectivity index (χ2n) is 5.95. The van der Waals surface area contributed by atoms with Crippen molar-refractivity contribution in [2.24, 2.45) is 0 Å². The van der Waals surface area contributed by atoms with Gasteiger partial charge < -0.3 is 5.32 Å². The lowest BCUT2D eigenvalue weighted by molar-refractivity contribution is 0.108. The Bertz CT molecular complexity index is 411. The zero-order valence-electron chi connectivity index (χ0n) is 10.9. The van der Waals surface area contributed by atoms with Crippen molar-refractivity contribution in [3.63, 3.8) is 0 Å². The summed E-state index contributed by atoms with van der Waals surface area (Å²) >= 11 is 0. The molecule has 1 atom stereocenters. The molecule has 1 unspecified atom stereocenters. The van der Waals surface area contributed by atoms with Crippen LogP contribution in [0, 0.1) is 0 Å². The molecular formula is C15H22N2. The fourth-order valence-corrected chi connectivity index (χ4v) is 3.46. The van der Waals surface area contributed by atoms with E-state index in [1.54, 1.807) is 5.56 Å². The van der Waals surface area contributed by atoms with Gasteiger partial charge in [0.25, 0.3) is 0 Å². The maximum atomic E-state index is 3.56. The first-order chi connectivity index (χ1) is 8.18. The van der Waals surface area contributed by atoms with Crippen LogP contribution in [0.4, 0.5) is 0 Å². The molecular weight excluding hydrogens is 208 g/mol. The molecule has 3 rings (SSSR count). The highest BCUT2D eigenvalue weighted by molar-refractivity contribution is 5.32. The maximum absolute atomic E-state index is 3.56. The van der Waals surface area contributed by atoms with Gasteiger partial charge >= 0.3 is 0 Å². The van der Waals surface area contributed by atoms with Crippen molar-refractivity contribution >= 4 is 0 Å². The van der Waals surface area contributed by atoms with E-state index in [9.17, 15) is 0 Å². The molecule has 1 aromatic carbocycles. The second-order valence-corrected chi connectivity index (χ2v) is 5.95. The SMILES string of the molecule is CC1(C)CCCN1C1CNCc2ccccc21. The Morgan fingerprint density at radius 3 is 2.88 bits per heavy atom. The molecule has 1 aromatic rings. The highest BCUT2D eigenvalue weighted by Crippen LogP contribution is 2.38. The Kier molecular flexibility index (Phi) is 2.72. The van der Waals surface area contributed by atoms with Crippen molar-refractivity contribution in [1.82, 2.24) is 10.2 Å². The smallest absolute Gasteiger partial charge is 0.0481 e. The zero-order chi connectivity index (χ0) is 11.9. The quantitative estimate of drug-likeness (QED) is 0.798. The van der Waals surface area contributed by atoms with Crippen LogP contribution in [-0.4, -0.2) is 23.5 Å². The summed E-state index contributed by atoms with van der Waals surface area (Å²) in [4.78, 5) is 2.69. The summed E-state index contributed by atoms with van der Waals surface area (Å²) in [7, 11) is 0. The molecule has 2 nitrogen and oxygen atoms in total. The van der Waals surface area contributed by atoms with Crippen molar-refractivity contribution in [2.45, 2.75) is 44.8 Å². The minimum absolute atomic E-state index is 0.358. The predicted molar refractivity (Wildman–Crippen MR) is 70.9 cm³/mol. The molecule has 2 aliphatic heterocycles. The fourth-order valence-electron chi connectivity index (χ4n) is 3.46. The van der Waals surface area contributed by atoms with E-state index < -0.39 is 0 Å². The van der Waals surface area contributed by atoms with Gasteiger partial charge in [-0.05, 0) is 44.4 Å². The summed E-state index contributed by atoms with van der Waals surface area (Å²) in [6, 6.07) is 9.47. The topological polar surface area (TPSA) is 15.3 Å². The van der Waals surface area contributed by atoms with Gasteiger partial charge in [0, 0.05) is 24.7 Å². The highest BCUT2D eigenvalue weighted by Gasteiger charge is 2.38. The third-order valence-electron chi connectivity index (χ3n) is 4.41. The van der Waals surface area contributed by atoms with Crippen LogP contribution in [-0.2, 0) is 6.54 Å². The zero-order valence-corrected chi connectivity index (χ0v) is 10.9. The summed E-state index contributed by atoms with van der Waals surface area (Å²) in [5.41, 5.74) is 3.38. The number of hydrogen-bond donors (Lipinski definition) is 1. The number of hydrogen-bond acceptors (Lipinski definition) is 2. The van der Waals surface area contributed by atoms with Crippen LogP contribution in [0.2, 0.25) is 0 Å². The van der Waals surface area contributed by atoms with Crippen LogP contribution in [0.15, 0.2) is 24.3 Å². The molecule has 17 heavy (non-hydrogen) atoms. The average Bonchev–Trinajstić information content (AvgIpc) is 2.68. The van der Waals surface area contributed by atoms with E-state index in [-0.39, 0.29) is 0 Å². The molecule has 0 aliphatic carbocycles. The van der Waals surface area contributed by atoms with E-state index in [0.717, 1.165) is 13.1 Å². The summed E-state index contributed by atoms with van der Waals surface area (Å²) in [5.74, 6) is 0. The Morgan fingerprint density at radius 1 is 1.29 bits per heavy atom. The van der Waals surface area contributed by atoms with Crippen molar-refractivity contribution in [3.05, 3.63) is 35.4 Å². The van der Waals surface area contributed by atoms with Crippen LogP contribution >= 0.6 is 0 Å². The van der Waals surface area contributed by atoms with Crippen LogP contribution < -0.4 is 5.32 Å². The van der Waals surface area contributed by atoms with Crippen LogP contribution in [0.5, 0.6) is 0 Å². The van der Waals surface area contributed by atoms with Gasteiger partial charge in [0.05, 0.1) is 0 Å². The van der Waals surface area contributed by atoms with Gasteiger partial charge in [-0.25, -0.2) is 0 Å². The fraction of sp³-hybridized carbons (Fsp3) is 0.600. The Balaban J connectivity index is 1.95. The van der Waals surface area contributed by atoms with Gasteiger partial charge in [-0.2, -0.15) is 0 Å². The summed E-state index contributed by atoms with van der Waals surface area (Å²) in [6.07, 6.45) is 2.66. The first-order valence-electron chi connectivity index (χ1n) is 6.74. The van der Waals surface area contributed by atoms with Gasteiger partial charge in [-0.3, -0.25) is 4.90 Å². The molecule has 1 fully saturated rings. The third-order valence-corrected chi connectivity index (χ3v) is 4.41. The van der Waals surface area contributed by atoms with Gasteiger partial charge in [-0.1, -0.05) is 24.3 Å². The molecule has 0 radical (unpaired) electrons. The lowest BCUT2D eigenvalue weighted by Gasteiger charge is -2.41. The molecule has 92 valence electrons. The average molecular weight is 230 g/mol. The molecule has 0 bridgehead atoms. The first kappa shape index (κ1) is 11.2. The molecule has 0 amide bonds. The molecule has 1 saturated heterocycles. The second kappa shape index (κ2) is 4.11. The van der Waals surface area contributed by atoms with E-state index in [0.29, 0.717) is 11.6 Å². The van der Waals surface area contributed by atoms with Crippen molar-refractivity contribution in [2.75, 3.05) is 13.1 Å². The number of likely N-dealkylation sites (tertiary alicyclic amines) is 1. The summed E-state index contributed by atoms with van der Waals surface area (Å²) in [6.45, 7) is 8.14. The van der Waals surface area contributed by atoms with Gasteiger partial charge in [0.15, 0.2) is 0 Å². The molecule has 0 aromatic heterocycles. The van der Waals surface area contributed by atoms with E-state index >= 15 is 0 Å². The first-order valence-corrected chi connectivity index (χ1v) is 6.74. The largest absolute Gasteiger partial charge is 0.311 e. The Hall–Kier alpha value is -0.860. The molecule has 0 saturated carbocycles. The number of rotatable bonds is 1. The Labute approximate surface area is 104 Å². The van der Waals surface area contributed by atoms with Crippen LogP contribution in [0.25, 0.3) is 0 Å². The molecule has 2 heteroatoms. The minimum atomic E-state index is 0.358. The molecule has 2 heterocycles. The number of nitrogens with zero attached hydrogens (tertiary/aromatic N) is 1. The third kappa shape index (κ3) is 1.90. The number of nitrogens with one attached hydrogen (secondary N) is 1. The molecule has 2 aliphatic rings. The van der Waals surface area contributed by atoms with Crippen molar-refractivity contribution < 1.29 is 0 Å². The van der Waals surface area contributed by atoms with Crippen molar-refractivity contribution in [1.29, 1.82) is 0 Å². The van der Waals surface area contributed by atoms with Gasteiger partial charge in [0.1, 0.15) is 0 Å². The van der Waals surface area contributed by atoms with E-state index in [2.05, 4.69) is 48.3 Å². The number of benzene rings is 1. The van der Waals surface area contributed by atoms with E-state index in [1.165, 1.54) is 24.9 Å². The number of fused-ring (bicyclic) bond motifs is 1. The summed E-state index contributed by atoms with van der Waals surface area (Å²) < 4.78 is 0. The predicted octanol–water partition coefficient (Wildman–Crippen LogP) is 2.71. The lowest BCUT2D eigenvalue weighted by atomic mass is 9.92. The van der Waals surface area contributed by atoms with Crippen molar-refractivity contribution in [3.8, 4) is 0 Å². The molecule has 0 spiro atoms. The summed E-state index contributed by atoms with van der Waals surface area (Å²) in [5, 5.41) is 3.56. The standard InChI is InChI=1S/C15H22N2/c1-15(2)8-5-9-17(15)14-11-16-10-12-6-3-4-7-13(12)14/h3-4,6-7,14,16H,5,8-11H2,1-2H3. The highest BCUT2D eigenvalue weighted by atomic mass is 15.3. The van der Waals surface area contributed by atoms with Gasteiger partial charge in [0.2, 0.25) is 0 Å². The minimum Gasteiger partial charge on any atom is -0.311 e. The Morgan fingerprint density at radius 2 is 2.12 bits per heavy atom. The van der Waals surface area contributed by atoms with Crippen LogP contribution in [0.1, 0.15) is 43.9 Å². The van der Waals surface area contributed by atoms with Gasteiger partial charge in [-0.15, -0.1) is 0 Å². The normalized spacial score (nSPS) is 28.0. The maximum Gasteiger partial charge on any atom is 0.0481 e. The van der Waals surface area contributed by atoms with E-state index in [1.807, 2.05) is 0 Å². The van der Waals surface area contributed by atoms with E-state index in [4.69, 9.17) is 0 Å². The lowest BCUT2D eigenvalue weighted by Crippen LogP contribution is -2.46. The molecule has 1 N–H and O–H groups in total. The monoisotopic (exact) mass is 230 g/mol. The van der Waals surface area contributed by atoms with Crippen LogP contribution in [0.3, 0.4) is 0 Å².